The molecular formula is C13H24N2O3. The molecule has 104 valence electrons. The first kappa shape index (κ1) is 15.0. The highest BCUT2D eigenvalue weighted by molar-refractivity contribution is 5.85. The fourth-order valence-electron chi connectivity index (χ4n) is 2.32. The summed E-state index contributed by atoms with van der Waals surface area (Å²) in [5.74, 6) is -1.17. The highest BCUT2D eigenvalue weighted by Crippen LogP contribution is 2.17. The Morgan fingerprint density at radius 3 is 2.67 bits per heavy atom. The van der Waals surface area contributed by atoms with E-state index < -0.39 is 12.0 Å². The van der Waals surface area contributed by atoms with Crippen LogP contribution in [-0.2, 0) is 9.59 Å². The summed E-state index contributed by atoms with van der Waals surface area (Å²) in [4.78, 5) is 23.2. The maximum atomic E-state index is 12.1. The van der Waals surface area contributed by atoms with Gasteiger partial charge in [0.05, 0.1) is 0 Å². The summed E-state index contributed by atoms with van der Waals surface area (Å²) in [7, 11) is 0. The van der Waals surface area contributed by atoms with Crippen molar-refractivity contribution in [1.82, 2.24) is 10.6 Å². The standard InChI is InChI=1S/C13H24N2O3/c1-4-8(2)11(13(17)18)15-12(16)10-5-6-14-9(3)7-10/h8-11,14H,4-7H2,1-3H3,(H,15,16)(H,17,18)/t8?,9?,10?,11-/m0/s1. The number of nitrogens with one attached hydrogen (secondary N) is 2. The van der Waals surface area contributed by atoms with E-state index in [9.17, 15) is 9.59 Å². The van der Waals surface area contributed by atoms with Gasteiger partial charge in [0.15, 0.2) is 0 Å². The SMILES string of the molecule is CCC(C)[C@H](NC(=O)C1CCNC(C)C1)C(=O)O. The van der Waals surface area contributed by atoms with Gasteiger partial charge in [-0.05, 0) is 32.2 Å². The summed E-state index contributed by atoms with van der Waals surface area (Å²) in [6.45, 7) is 6.65. The Hall–Kier alpha value is -1.10. The lowest BCUT2D eigenvalue weighted by molar-refractivity contribution is -0.144. The van der Waals surface area contributed by atoms with Crippen molar-refractivity contribution in [3.63, 3.8) is 0 Å². The zero-order chi connectivity index (χ0) is 13.7. The molecular weight excluding hydrogens is 232 g/mol. The van der Waals surface area contributed by atoms with Crippen molar-refractivity contribution in [3.05, 3.63) is 0 Å². The van der Waals surface area contributed by atoms with Gasteiger partial charge in [0.2, 0.25) is 5.91 Å². The lowest BCUT2D eigenvalue weighted by atomic mass is 9.91. The van der Waals surface area contributed by atoms with Crippen LogP contribution in [0.15, 0.2) is 0 Å². The third kappa shape index (κ3) is 3.98. The average molecular weight is 256 g/mol. The van der Waals surface area contributed by atoms with Crippen molar-refractivity contribution < 1.29 is 14.7 Å². The van der Waals surface area contributed by atoms with E-state index >= 15 is 0 Å². The van der Waals surface area contributed by atoms with E-state index in [2.05, 4.69) is 10.6 Å². The molecule has 0 radical (unpaired) electrons. The molecule has 1 fully saturated rings. The molecule has 3 N–H and O–H groups in total. The predicted octanol–water partition coefficient (Wildman–Crippen LogP) is 0.990. The summed E-state index contributed by atoms with van der Waals surface area (Å²) in [5, 5.41) is 15.1. The van der Waals surface area contributed by atoms with E-state index in [0.717, 1.165) is 25.8 Å². The number of piperidine rings is 1. The topological polar surface area (TPSA) is 78.4 Å². The average Bonchev–Trinajstić information content (AvgIpc) is 2.34. The minimum atomic E-state index is -0.945. The van der Waals surface area contributed by atoms with Gasteiger partial charge in [-0.1, -0.05) is 20.3 Å². The maximum Gasteiger partial charge on any atom is 0.326 e. The second kappa shape index (κ2) is 6.73. The molecule has 3 unspecified atom stereocenters. The number of carbonyl (C=O) groups excluding carboxylic acids is 1. The van der Waals surface area contributed by atoms with Gasteiger partial charge < -0.3 is 15.7 Å². The van der Waals surface area contributed by atoms with E-state index in [1.54, 1.807) is 0 Å². The fraction of sp³-hybridized carbons (Fsp3) is 0.846. The van der Waals surface area contributed by atoms with Gasteiger partial charge in [0.1, 0.15) is 6.04 Å². The molecule has 4 atom stereocenters. The van der Waals surface area contributed by atoms with Gasteiger partial charge >= 0.3 is 5.97 Å². The maximum absolute atomic E-state index is 12.1. The van der Waals surface area contributed by atoms with Gasteiger partial charge in [-0.15, -0.1) is 0 Å². The molecule has 0 aromatic carbocycles. The Bertz CT molecular complexity index is 307. The lowest BCUT2D eigenvalue weighted by Crippen LogP contribution is -2.49. The first-order valence-corrected chi connectivity index (χ1v) is 6.72. The molecule has 18 heavy (non-hydrogen) atoms. The fourth-order valence-corrected chi connectivity index (χ4v) is 2.32. The zero-order valence-corrected chi connectivity index (χ0v) is 11.4. The van der Waals surface area contributed by atoms with Crippen LogP contribution in [-0.4, -0.2) is 35.6 Å². The number of amides is 1. The van der Waals surface area contributed by atoms with Crippen LogP contribution in [0.25, 0.3) is 0 Å². The third-order valence-electron chi connectivity index (χ3n) is 3.77. The second-order valence-corrected chi connectivity index (χ2v) is 5.29. The third-order valence-corrected chi connectivity index (χ3v) is 3.77. The van der Waals surface area contributed by atoms with Crippen molar-refractivity contribution in [2.45, 2.75) is 52.1 Å². The van der Waals surface area contributed by atoms with Crippen LogP contribution in [0.2, 0.25) is 0 Å². The van der Waals surface area contributed by atoms with Crippen LogP contribution < -0.4 is 10.6 Å². The minimum Gasteiger partial charge on any atom is -0.480 e. The molecule has 1 saturated heterocycles. The number of carboxylic acid groups (broad SMARTS) is 1. The van der Waals surface area contributed by atoms with Gasteiger partial charge in [0.25, 0.3) is 0 Å². The second-order valence-electron chi connectivity index (χ2n) is 5.29. The minimum absolute atomic E-state index is 0.0504. The molecule has 0 aromatic heterocycles. The molecule has 1 heterocycles. The Morgan fingerprint density at radius 2 is 2.17 bits per heavy atom. The molecule has 1 aliphatic heterocycles. The first-order valence-electron chi connectivity index (χ1n) is 6.72. The van der Waals surface area contributed by atoms with Crippen molar-refractivity contribution in [2.75, 3.05) is 6.54 Å². The van der Waals surface area contributed by atoms with Crippen LogP contribution in [0.4, 0.5) is 0 Å². The molecule has 5 nitrogen and oxygen atoms in total. The van der Waals surface area contributed by atoms with Gasteiger partial charge in [0, 0.05) is 12.0 Å². The summed E-state index contributed by atoms with van der Waals surface area (Å²) in [6, 6.07) is -0.450. The van der Waals surface area contributed by atoms with Crippen LogP contribution in [0.5, 0.6) is 0 Å². The van der Waals surface area contributed by atoms with Crippen molar-refractivity contribution >= 4 is 11.9 Å². The predicted molar refractivity (Wildman–Crippen MR) is 69.2 cm³/mol. The molecule has 0 aliphatic carbocycles. The number of carboxylic acids is 1. The molecule has 5 heteroatoms. The summed E-state index contributed by atoms with van der Waals surface area (Å²) in [6.07, 6.45) is 2.29. The highest BCUT2D eigenvalue weighted by Gasteiger charge is 2.30. The molecule has 1 aliphatic rings. The quantitative estimate of drug-likeness (QED) is 0.685. The number of carbonyl (C=O) groups is 2. The molecule has 0 aromatic rings. The number of rotatable bonds is 5. The smallest absolute Gasteiger partial charge is 0.326 e. The molecule has 0 spiro atoms. The zero-order valence-electron chi connectivity index (χ0n) is 11.4. The summed E-state index contributed by atoms with van der Waals surface area (Å²) in [5.41, 5.74) is 0. The van der Waals surface area contributed by atoms with Crippen LogP contribution in [0.3, 0.4) is 0 Å². The molecule has 0 bridgehead atoms. The van der Waals surface area contributed by atoms with Crippen molar-refractivity contribution in [3.8, 4) is 0 Å². The van der Waals surface area contributed by atoms with Gasteiger partial charge in [-0.3, -0.25) is 4.79 Å². The lowest BCUT2D eigenvalue weighted by Gasteiger charge is -2.29. The van der Waals surface area contributed by atoms with E-state index in [-0.39, 0.29) is 17.7 Å². The van der Waals surface area contributed by atoms with E-state index in [1.807, 2.05) is 20.8 Å². The molecule has 1 rings (SSSR count). The highest BCUT2D eigenvalue weighted by atomic mass is 16.4. The van der Waals surface area contributed by atoms with Crippen LogP contribution in [0, 0.1) is 11.8 Å². The van der Waals surface area contributed by atoms with E-state index in [1.165, 1.54) is 0 Å². The number of aliphatic carboxylic acids is 1. The summed E-state index contributed by atoms with van der Waals surface area (Å²) < 4.78 is 0. The monoisotopic (exact) mass is 256 g/mol. The summed E-state index contributed by atoms with van der Waals surface area (Å²) >= 11 is 0. The largest absolute Gasteiger partial charge is 0.480 e. The number of hydrogen-bond acceptors (Lipinski definition) is 3. The van der Waals surface area contributed by atoms with Crippen LogP contribution in [0.1, 0.15) is 40.0 Å². The molecule has 0 saturated carbocycles. The van der Waals surface area contributed by atoms with Crippen LogP contribution >= 0.6 is 0 Å². The van der Waals surface area contributed by atoms with E-state index in [4.69, 9.17) is 5.11 Å². The Balaban J connectivity index is 2.58. The molecule has 1 amide bonds. The Morgan fingerprint density at radius 1 is 1.50 bits per heavy atom. The van der Waals surface area contributed by atoms with Crippen molar-refractivity contribution in [1.29, 1.82) is 0 Å². The Kier molecular flexibility index (Phi) is 5.59. The first-order chi connectivity index (χ1) is 8.45. The van der Waals surface area contributed by atoms with Gasteiger partial charge in [-0.2, -0.15) is 0 Å². The normalized spacial score (nSPS) is 27.3. The Labute approximate surface area is 108 Å². The van der Waals surface area contributed by atoms with E-state index in [0.29, 0.717) is 6.04 Å². The number of hydrogen-bond donors (Lipinski definition) is 3. The van der Waals surface area contributed by atoms with Gasteiger partial charge in [-0.25, -0.2) is 4.79 Å². The van der Waals surface area contributed by atoms with Crippen molar-refractivity contribution in [2.24, 2.45) is 11.8 Å².